The number of anilines is 2. The van der Waals surface area contributed by atoms with Gasteiger partial charge >= 0.3 is 12.1 Å². The molecule has 2 aromatic carbocycles. The van der Waals surface area contributed by atoms with E-state index in [1.807, 2.05) is 6.92 Å². The molecule has 0 spiro atoms. The van der Waals surface area contributed by atoms with Gasteiger partial charge in [-0.2, -0.15) is 0 Å². The van der Waals surface area contributed by atoms with E-state index in [0.717, 1.165) is 11.3 Å². The summed E-state index contributed by atoms with van der Waals surface area (Å²) >= 11 is 0. The van der Waals surface area contributed by atoms with Crippen LogP contribution in [0.2, 0.25) is 0 Å². The summed E-state index contributed by atoms with van der Waals surface area (Å²) in [5.74, 6) is -1.78. The fourth-order valence-electron chi connectivity index (χ4n) is 2.97. The van der Waals surface area contributed by atoms with Crippen molar-refractivity contribution < 1.29 is 28.6 Å². The highest BCUT2D eigenvalue weighted by molar-refractivity contribution is 5.96. The molecule has 0 heterocycles. The van der Waals surface area contributed by atoms with Gasteiger partial charge in [0.25, 0.3) is 0 Å². The topological polar surface area (TPSA) is 95.9 Å². The van der Waals surface area contributed by atoms with Crippen LogP contribution in [-0.4, -0.2) is 36.2 Å². The minimum absolute atomic E-state index is 0.0778. The lowest BCUT2D eigenvalue weighted by molar-refractivity contribution is -0.138. The molecule has 0 unspecified atom stereocenters. The number of amides is 2. The third-order valence-corrected chi connectivity index (χ3v) is 4.51. The van der Waals surface area contributed by atoms with Gasteiger partial charge in [0.15, 0.2) is 0 Å². The maximum absolute atomic E-state index is 13.0. The van der Waals surface area contributed by atoms with Crippen LogP contribution in [-0.2, 0) is 20.7 Å². The van der Waals surface area contributed by atoms with Crippen molar-refractivity contribution in [3.63, 3.8) is 0 Å². The van der Waals surface area contributed by atoms with Gasteiger partial charge in [-0.05, 0) is 48.4 Å². The minimum atomic E-state index is -1.12. The van der Waals surface area contributed by atoms with Gasteiger partial charge in [0, 0.05) is 11.4 Å². The maximum atomic E-state index is 13.0. The molecule has 8 heteroatoms. The van der Waals surface area contributed by atoms with Crippen LogP contribution in [0.25, 0.3) is 0 Å². The predicted octanol–water partition coefficient (Wildman–Crippen LogP) is 4.22. The average molecular weight is 416 g/mol. The molecule has 30 heavy (non-hydrogen) atoms. The number of benzene rings is 2. The number of halogens is 1. The van der Waals surface area contributed by atoms with Crippen LogP contribution >= 0.6 is 0 Å². The SMILES string of the molecule is CCCC[C@@H](C(=O)O)N(C(=O)OC)c1ccc(NC(=O)Cc2ccc(F)cc2)cc1. The molecule has 2 amide bonds. The number of aliphatic carboxylic acids is 1. The summed E-state index contributed by atoms with van der Waals surface area (Å²) in [4.78, 5) is 37.3. The zero-order chi connectivity index (χ0) is 22.1. The van der Waals surface area contributed by atoms with Crippen LogP contribution in [0.1, 0.15) is 31.7 Å². The van der Waals surface area contributed by atoms with Crippen molar-refractivity contribution in [3.05, 3.63) is 59.9 Å². The van der Waals surface area contributed by atoms with Crippen molar-refractivity contribution >= 4 is 29.3 Å². The molecular formula is C22H25FN2O5. The number of methoxy groups -OCH3 is 1. The Kier molecular flexibility index (Phi) is 8.34. The van der Waals surface area contributed by atoms with Gasteiger partial charge in [-0.15, -0.1) is 0 Å². The lowest BCUT2D eigenvalue weighted by Gasteiger charge is -2.28. The Labute approximate surface area is 174 Å². The summed E-state index contributed by atoms with van der Waals surface area (Å²) < 4.78 is 17.7. The van der Waals surface area contributed by atoms with Gasteiger partial charge in [0.1, 0.15) is 11.9 Å². The van der Waals surface area contributed by atoms with E-state index in [4.69, 9.17) is 4.74 Å². The van der Waals surface area contributed by atoms with Crippen molar-refractivity contribution in [2.45, 2.75) is 38.6 Å². The Hall–Kier alpha value is -3.42. The summed E-state index contributed by atoms with van der Waals surface area (Å²) in [6.45, 7) is 1.94. The van der Waals surface area contributed by atoms with E-state index < -0.39 is 18.1 Å². The molecule has 7 nitrogen and oxygen atoms in total. The largest absolute Gasteiger partial charge is 0.480 e. The van der Waals surface area contributed by atoms with E-state index in [1.54, 1.807) is 24.3 Å². The van der Waals surface area contributed by atoms with E-state index in [0.29, 0.717) is 23.4 Å². The van der Waals surface area contributed by atoms with E-state index in [1.165, 1.54) is 31.4 Å². The monoisotopic (exact) mass is 416 g/mol. The molecule has 1 atom stereocenters. The summed E-state index contributed by atoms with van der Waals surface area (Å²) in [7, 11) is 1.19. The summed E-state index contributed by atoms with van der Waals surface area (Å²) in [5, 5.41) is 12.3. The first kappa shape index (κ1) is 22.9. The quantitative estimate of drug-likeness (QED) is 0.638. The number of unbranched alkanes of at least 4 members (excludes halogenated alkanes) is 1. The molecule has 0 saturated heterocycles. The molecule has 0 aliphatic carbocycles. The number of carboxylic acids is 1. The summed E-state index contributed by atoms with van der Waals surface area (Å²) in [6, 6.07) is 10.8. The molecule has 0 saturated carbocycles. The second-order valence-electron chi connectivity index (χ2n) is 6.73. The third kappa shape index (κ3) is 6.30. The predicted molar refractivity (Wildman–Crippen MR) is 111 cm³/mol. The Morgan fingerprint density at radius 2 is 1.73 bits per heavy atom. The molecule has 0 aliphatic rings. The van der Waals surface area contributed by atoms with Crippen LogP contribution in [0.4, 0.5) is 20.6 Å². The smallest absolute Gasteiger partial charge is 0.414 e. The Morgan fingerprint density at radius 1 is 1.10 bits per heavy atom. The molecule has 0 bridgehead atoms. The van der Waals surface area contributed by atoms with Crippen molar-refractivity contribution in [2.24, 2.45) is 0 Å². The number of carbonyl (C=O) groups is 3. The van der Waals surface area contributed by atoms with Crippen molar-refractivity contribution in [1.29, 1.82) is 0 Å². The van der Waals surface area contributed by atoms with E-state index in [-0.39, 0.29) is 24.6 Å². The van der Waals surface area contributed by atoms with Gasteiger partial charge in [-0.3, -0.25) is 9.69 Å². The van der Waals surface area contributed by atoms with Gasteiger partial charge in [0.05, 0.1) is 13.5 Å². The Bertz CT molecular complexity index is 868. The standard InChI is InChI=1S/C22H25FN2O5/c1-3-4-5-19(21(27)28)25(22(29)30-2)18-12-10-17(11-13-18)24-20(26)14-15-6-8-16(23)9-7-15/h6-13,19H,3-5,14H2,1-2H3,(H,24,26)(H,27,28)/t19-/m0/s1. The van der Waals surface area contributed by atoms with Gasteiger partial charge in [-0.25, -0.2) is 14.0 Å². The van der Waals surface area contributed by atoms with E-state index in [2.05, 4.69) is 5.32 Å². The zero-order valence-corrected chi connectivity index (χ0v) is 16.9. The fraction of sp³-hybridized carbons (Fsp3) is 0.318. The minimum Gasteiger partial charge on any atom is -0.480 e. The number of rotatable bonds is 9. The first-order valence-corrected chi connectivity index (χ1v) is 9.60. The molecule has 0 radical (unpaired) electrons. The Morgan fingerprint density at radius 3 is 2.27 bits per heavy atom. The zero-order valence-electron chi connectivity index (χ0n) is 16.9. The second kappa shape index (κ2) is 10.9. The molecule has 2 N–H and O–H groups in total. The van der Waals surface area contributed by atoms with Crippen molar-refractivity contribution in [2.75, 3.05) is 17.3 Å². The van der Waals surface area contributed by atoms with Crippen LogP contribution < -0.4 is 10.2 Å². The highest BCUT2D eigenvalue weighted by Gasteiger charge is 2.31. The van der Waals surface area contributed by atoms with Gasteiger partial charge < -0.3 is 15.2 Å². The number of ether oxygens (including phenoxy) is 1. The van der Waals surface area contributed by atoms with E-state index in [9.17, 15) is 23.9 Å². The van der Waals surface area contributed by atoms with E-state index >= 15 is 0 Å². The molecular weight excluding hydrogens is 391 g/mol. The van der Waals surface area contributed by atoms with Crippen LogP contribution in [0, 0.1) is 5.82 Å². The van der Waals surface area contributed by atoms with Gasteiger partial charge in [0.2, 0.25) is 5.91 Å². The highest BCUT2D eigenvalue weighted by atomic mass is 19.1. The molecule has 0 fully saturated rings. The molecule has 160 valence electrons. The van der Waals surface area contributed by atoms with Crippen LogP contribution in [0.3, 0.4) is 0 Å². The summed E-state index contributed by atoms with van der Waals surface area (Å²) in [5.41, 5.74) is 1.50. The third-order valence-electron chi connectivity index (χ3n) is 4.51. The van der Waals surface area contributed by atoms with Crippen LogP contribution in [0.15, 0.2) is 48.5 Å². The number of carbonyl (C=O) groups excluding carboxylic acids is 2. The van der Waals surface area contributed by atoms with Crippen LogP contribution in [0.5, 0.6) is 0 Å². The van der Waals surface area contributed by atoms with Crippen molar-refractivity contribution in [1.82, 2.24) is 0 Å². The summed E-state index contributed by atoms with van der Waals surface area (Å²) in [6.07, 6.45) is 1.03. The molecule has 2 rings (SSSR count). The Balaban J connectivity index is 2.13. The maximum Gasteiger partial charge on any atom is 0.414 e. The second-order valence-corrected chi connectivity index (χ2v) is 6.73. The number of hydrogen-bond acceptors (Lipinski definition) is 4. The molecule has 0 aliphatic heterocycles. The number of hydrogen-bond donors (Lipinski definition) is 2. The number of nitrogens with one attached hydrogen (secondary N) is 1. The van der Waals surface area contributed by atoms with Gasteiger partial charge in [-0.1, -0.05) is 31.9 Å². The first-order chi connectivity index (χ1) is 14.3. The fourth-order valence-corrected chi connectivity index (χ4v) is 2.97. The van der Waals surface area contributed by atoms with Crippen molar-refractivity contribution in [3.8, 4) is 0 Å². The number of carboxylic acid groups (broad SMARTS) is 1. The first-order valence-electron chi connectivity index (χ1n) is 9.60. The molecule has 2 aromatic rings. The average Bonchev–Trinajstić information content (AvgIpc) is 2.73. The molecule has 0 aromatic heterocycles. The lowest BCUT2D eigenvalue weighted by atomic mass is 10.1. The normalized spacial score (nSPS) is 11.4. The highest BCUT2D eigenvalue weighted by Crippen LogP contribution is 2.24. The lowest BCUT2D eigenvalue weighted by Crippen LogP contribution is -2.45. The number of nitrogens with zero attached hydrogens (tertiary/aromatic N) is 1.